The number of hydrogen-bond donors (Lipinski definition) is 2. The maximum atomic E-state index is 9.54. The summed E-state index contributed by atoms with van der Waals surface area (Å²) in [5, 5.41) is 12.9. The van der Waals surface area contributed by atoms with Gasteiger partial charge in [-0.2, -0.15) is 0 Å². The molecule has 0 spiro atoms. The Bertz CT molecular complexity index is 734. The van der Waals surface area contributed by atoms with Crippen LogP contribution in [0.15, 0.2) is 65.2 Å². The summed E-state index contributed by atoms with van der Waals surface area (Å²) >= 11 is 0. The molecule has 0 radical (unpaired) electrons. The van der Waals surface area contributed by atoms with Crippen LogP contribution in [0.25, 0.3) is 11.3 Å². The molecule has 0 amide bonds. The molecular weight excluding hydrogens is 288 g/mol. The Morgan fingerprint density at radius 2 is 1.87 bits per heavy atom. The van der Waals surface area contributed by atoms with Crippen LogP contribution in [0.4, 0.5) is 0 Å². The predicted octanol–water partition coefficient (Wildman–Crippen LogP) is 3.68. The van der Waals surface area contributed by atoms with E-state index in [-0.39, 0.29) is 0 Å². The summed E-state index contributed by atoms with van der Waals surface area (Å²) < 4.78 is 5.86. The lowest BCUT2D eigenvalue weighted by Gasteiger charge is -2.05. The Labute approximate surface area is 135 Å². The number of pyridine rings is 1. The normalized spacial score (nSPS) is 12.3. The molecule has 3 rings (SSSR count). The van der Waals surface area contributed by atoms with Crippen molar-refractivity contribution in [3.63, 3.8) is 0 Å². The molecule has 1 atom stereocenters. The van der Waals surface area contributed by atoms with Gasteiger partial charge in [0.15, 0.2) is 0 Å². The standard InChI is InChI=1S/C19H20N2O2/c1-14(22)15-5-7-16(8-6-15)19-10-9-18(23-19)13-20-12-17-4-2-3-11-21-17/h2-11,14,20,22H,12-13H2,1H3. The van der Waals surface area contributed by atoms with Crippen molar-refractivity contribution in [2.45, 2.75) is 26.1 Å². The molecule has 0 bridgehead atoms. The van der Waals surface area contributed by atoms with Crippen molar-refractivity contribution in [3.8, 4) is 11.3 Å². The first-order valence-corrected chi connectivity index (χ1v) is 7.70. The van der Waals surface area contributed by atoms with Gasteiger partial charge in [0.25, 0.3) is 0 Å². The Morgan fingerprint density at radius 1 is 1.04 bits per heavy atom. The summed E-state index contributed by atoms with van der Waals surface area (Å²) in [4.78, 5) is 4.27. The average Bonchev–Trinajstić information content (AvgIpc) is 3.05. The molecule has 3 aromatic rings. The van der Waals surface area contributed by atoms with Crippen LogP contribution in [0.3, 0.4) is 0 Å². The minimum atomic E-state index is -0.452. The molecule has 1 unspecified atom stereocenters. The number of nitrogens with zero attached hydrogens (tertiary/aromatic N) is 1. The van der Waals surface area contributed by atoms with E-state index in [1.807, 2.05) is 54.6 Å². The Kier molecular flexibility index (Phi) is 4.86. The lowest BCUT2D eigenvalue weighted by atomic mass is 10.1. The van der Waals surface area contributed by atoms with E-state index in [4.69, 9.17) is 4.42 Å². The van der Waals surface area contributed by atoms with Gasteiger partial charge in [-0.25, -0.2) is 0 Å². The summed E-state index contributed by atoms with van der Waals surface area (Å²) in [6.45, 7) is 3.12. The van der Waals surface area contributed by atoms with Gasteiger partial charge >= 0.3 is 0 Å². The summed E-state index contributed by atoms with van der Waals surface area (Å²) in [5.74, 6) is 1.72. The molecule has 2 heterocycles. The van der Waals surface area contributed by atoms with E-state index in [0.29, 0.717) is 13.1 Å². The Hall–Kier alpha value is -2.43. The minimum Gasteiger partial charge on any atom is -0.460 e. The highest BCUT2D eigenvalue weighted by Crippen LogP contribution is 2.24. The fraction of sp³-hybridized carbons (Fsp3) is 0.211. The first-order chi connectivity index (χ1) is 11.2. The van der Waals surface area contributed by atoms with Gasteiger partial charge in [0, 0.05) is 18.3 Å². The molecule has 0 aliphatic heterocycles. The van der Waals surface area contributed by atoms with Crippen LogP contribution in [0.2, 0.25) is 0 Å². The van der Waals surface area contributed by atoms with Crippen LogP contribution in [0, 0.1) is 0 Å². The highest BCUT2D eigenvalue weighted by Gasteiger charge is 2.06. The fourth-order valence-corrected chi connectivity index (χ4v) is 2.37. The van der Waals surface area contributed by atoms with Crippen molar-refractivity contribution in [2.75, 3.05) is 0 Å². The fourth-order valence-electron chi connectivity index (χ4n) is 2.37. The van der Waals surface area contributed by atoms with E-state index >= 15 is 0 Å². The second-order valence-electron chi connectivity index (χ2n) is 5.49. The number of aliphatic hydroxyl groups is 1. The molecule has 0 fully saturated rings. The highest BCUT2D eigenvalue weighted by atomic mass is 16.3. The molecule has 2 N–H and O–H groups in total. The topological polar surface area (TPSA) is 58.3 Å². The van der Waals surface area contributed by atoms with E-state index in [0.717, 1.165) is 28.3 Å². The second kappa shape index (κ2) is 7.22. The lowest BCUT2D eigenvalue weighted by molar-refractivity contribution is 0.199. The third kappa shape index (κ3) is 4.06. The molecule has 23 heavy (non-hydrogen) atoms. The molecular formula is C19H20N2O2. The smallest absolute Gasteiger partial charge is 0.134 e. The number of benzene rings is 1. The van der Waals surface area contributed by atoms with Gasteiger partial charge in [0.2, 0.25) is 0 Å². The van der Waals surface area contributed by atoms with Crippen molar-refractivity contribution in [1.82, 2.24) is 10.3 Å². The highest BCUT2D eigenvalue weighted by molar-refractivity contribution is 5.58. The zero-order chi connectivity index (χ0) is 16.1. The van der Waals surface area contributed by atoms with Crippen molar-refractivity contribution in [3.05, 3.63) is 77.8 Å². The number of rotatable bonds is 6. The molecule has 118 valence electrons. The van der Waals surface area contributed by atoms with E-state index in [9.17, 15) is 5.11 Å². The minimum absolute atomic E-state index is 0.452. The predicted molar refractivity (Wildman–Crippen MR) is 89.6 cm³/mol. The summed E-state index contributed by atoms with van der Waals surface area (Å²) in [6.07, 6.45) is 1.34. The van der Waals surface area contributed by atoms with Crippen molar-refractivity contribution < 1.29 is 9.52 Å². The largest absolute Gasteiger partial charge is 0.460 e. The van der Waals surface area contributed by atoms with Crippen LogP contribution in [0.5, 0.6) is 0 Å². The van der Waals surface area contributed by atoms with Gasteiger partial charge in [-0.1, -0.05) is 30.3 Å². The van der Waals surface area contributed by atoms with Gasteiger partial charge in [0.1, 0.15) is 11.5 Å². The van der Waals surface area contributed by atoms with Crippen LogP contribution < -0.4 is 5.32 Å². The van der Waals surface area contributed by atoms with E-state index in [1.165, 1.54) is 0 Å². The van der Waals surface area contributed by atoms with Gasteiger partial charge in [0.05, 0.1) is 18.3 Å². The molecule has 4 heteroatoms. The van der Waals surface area contributed by atoms with Gasteiger partial charge in [-0.3, -0.25) is 4.98 Å². The van der Waals surface area contributed by atoms with Crippen LogP contribution in [0.1, 0.15) is 30.0 Å². The first kappa shape index (κ1) is 15.5. The van der Waals surface area contributed by atoms with Crippen molar-refractivity contribution in [1.29, 1.82) is 0 Å². The Morgan fingerprint density at radius 3 is 2.57 bits per heavy atom. The Balaban J connectivity index is 1.59. The summed E-state index contributed by atoms with van der Waals surface area (Å²) in [6, 6.07) is 17.6. The monoisotopic (exact) mass is 308 g/mol. The zero-order valence-electron chi connectivity index (χ0n) is 13.1. The van der Waals surface area contributed by atoms with E-state index in [2.05, 4.69) is 10.3 Å². The van der Waals surface area contributed by atoms with Crippen LogP contribution >= 0.6 is 0 Å². The van der Waals surface area contributed by atoms with E-state index < -0.39 is 6.10 Å². The van der Waals surface area contributed by atoms with Gasteiger partial charge in [-0.15, -0.1) is 0 Å². The van der Waals surface area contributed by atoms with Crippen molar-refractivity contribution >= 4 is 0 Å². The maximum Gasteiger partial charge on any atom is 0.134 e. The molecule has 0 saturated carbocycles. The number of nitrogens with one attached hydrogen (secondary N) is 1. The molecule has 0 aliphatic rings. The maximum absolute atomic E-state index is 9.54. The first-order valence-electron chi connectivity index (χ1n) is 7.70. The second-order valence-corrected chi connectivity index (χ2v) is 5.49. The van der Waals surface area contributed by atoms with Gasteiger partial charge in [-0.05, 0) is 36.8 Å². The molecule has 0 aliphatic carbocycles. The van der Waals surface area contributed by atoms with Crippen LogP contribution in [-0.2, 0) is 13.1 Å². The van der Waals surface area contributed by atoms with Crippen LogP contribution in [-0.4, -0.2) is 10.1 Å². The molecule has 0 saturated heterocycles. The number of aliphatic hydroxyl groups excluding tert-OH is 1. The van der Waals surface area contributed by atoms with Gasteiger partial charge < -0.3 is 14.8 Å². The molecule has 2 aromatic heterocycles. The number of aromatic nitrogens is 1. The lowest BCUT2D eigenvalue weighted by Crippen LogP contribution is -2.12. The summed E-state index contributed by atoms with van der Waals surface area (Å²) in [7, 11) is 0. The zero-order valence-corrected chi connectivity index (χ0v) is 13.1. The average molecular weight is 308 g/mol. The van der Waals surface area contributed by atoms with E-state index in [1.54, 1.807) is 13.1 Å². The van der Waals surface area contributed by atoms with Crippen molar-refractivity contribution in [2.24, 2.45) is 0 Å². The third-order valence-electron chi connectivity index (χ3n) is 3.67. The summed E-state index contributed by atoms with van der Waals surface area (Å²) in [5.41, 5.74) is 2.91. The molecule has 1 aromatic carbocycles. The SMILES string of the molecule is CC(O)c1ccc(-c2ccc(CNCc3ccccn3)o2)cc1. The molecule has 4 nitrogen and oxygen atoms in total. The quantitative estimate of drug-likeness (QED) is 0.729. The number of hydrogen-bond acceptors (Lipinski definition) is 4. The third-order valence-corrected chi connectivity index (χ3v) is 3.67. The number of furan rings is 1.